The van der Waals surface area contributed by atoms with E-state index in [9.17, 15) is 0 Å². The molecule has 5 nitrogen and oxygen atoms in total. The van der Waals surface area contributed by atoms with E-state index in [2.05, 4.69) is 49.6 Å². The molecule has 1 aliphatic heterocycles. The zero-order valence-electron chi connectivity index (χ0n) is 15.6. The number of piperazine rings is 1. The molecule has 0 saturated carbocycles. The van der Waals surface area contributed by atoms with Gasteiger partial charge >= 0.3 is 0 Å². The minimum Gasteiger partial charge on any atom is -0.367 e. The van der Waals surface area contributed by atoms with Crippen LogP contribution in [0.1, 0.15) is 27.8 Å². The van der Waals surface area contributed by atoms with Crippen molar-refractivity contribution in [1.29, 1.82) is 0 Å². The molecule has 3 aromatic rings. The van der Waals surface area contributed by atoms with Gasteiger partial charge in [0, 0.05) is 42.5 Å². The molecule has 1 saturated heterocycles. The van der Waals surface area contributed by atoms with Gasteiger partial charge in [-0.25, -0.2) is 9.97 Å². The van der Waals surface area contributed by atoms with Crippen molar-refractivity contribution in [3.8, 4) is 0 Å². The summed E-state index contributed by atoms with van der Waals surface area (Å²) in [5, 5.41) is 7.17. The number of hydrogen-bond acceptors (Lipinski definition) is 7. The van der Waals surface area contributed by atoms with E-state index in [0.29, 0.717) is 6.04 Å². The van der Waals surface area contributed by atoms with E-state index in [1.807, 2.05) is 22.7 Å². The molecule has 1 fully saturated rings. The third kappa shape index (κ3) is 3.38. The molecule has 3 aromatic heterocycles. The van der Waals surface area contributed by atoms with Crippen LogP contribution in [0.5, 0.6) is 0 Å². The lowest BCUT2D eigenvalue weighted by Crippen LogP contribution is -2.47. The number of nitrogens with one attached hydrogen (secondary N) is 1. The lowest BCUT2D eigenvalue weighted by molar-refractivity contribution is 0.118. The molecular weight excluding hydrogens is 374 g/mol. The number of thiophene rings is 2. The van der Waals surface area contributed by atoms with Crippen LogP contribution < -0.4 is 5.32 Å². The van der Waals surface area contributed by atoms with Crippen LogP contribution >= 0.6 is 22.7 Å². The highest BCUT2D eigenvalue weighted by Gasteiger charge is 2.26. The van der Waals surface area contributed by atoms with Crippen molar-refractivity contribution in [2.24, 2.45) is 0 Å². The van der Waals surface area contributed by atoms with Crippen LogP contribution in [-0.2, 0) is 12.8 Å². The Bertz CT molecular complexity index is 912. The zero-order chi connectivity index (χ0) is 18.2. The fourth-order valence-corrected chi connectivity index (χ4v) is 6.37. The van der Waals surface area contributed by atoms with Gasteiger partial charge in [0.1, 0.15) is 17.0 Å². The molecule has 7 heteroatoms. The van der Waals surface area contributed by atoms with E-state index in [1.54, 1.807) is 6.33 Å². The highest BCUT2D eigenvalue weighted by Crippen LogP contribution is 2.39. The first-order chi connectivity index (χ1) is 13.3. The van der Waals surface area contributed by atoms with Gasteiger partial charge < -0.3 is 10.2 Å². The summed E-state index contributed by atoms with van der Waals surface area (Å²) in [6.07, 6.45) is 5.36. The highest BCUT2D eigenvalue weighted by molar-refractivity contribution is 7.19. The third-order valence-corrected chi connectivity index (χ3v) is 7.99. The standard InChI is InChI=1S/C20H25N5S2/c1-24-7-9-25(10-8-24)15(17-6-3-11-26-17)12-21-19-18-14-4-2-5-16(14)27-20(18)23-13-22-19/h3,6,11,13,15H,2,4-5,7-10,12H2,1H3,(H,21,22,23)/t15-/m1/s1. The Kier molecular flexibility index (Phi) is 4.85. The number of rotatable bonds is 5. The molecule has 0 radical (unpaired) electrons. The number of aryl methyl sites for hydroxylation is 2. The topological polar surface area (TPSA) is 44.3 Å². The number of fused-ring (bicyclic) bond motifs is 3. The van der Waals surface area contributed by atoms with Crippen LogP contribution in [0.4, 0.5) is 5.82 Å². The SMILES string of the molecule is CN1CCN([C@H](CNc2ncnc3sc4c(c23)CCC4)c2cccs2)CC1. The molecule has 0 amide bonds. The molecule has 1 aliphatic carbocycles. The number of aromatic nitrogens is 2. The van der Waals surface area contributed by atoms with Crippen LogP contribution in [-0.4, -0.2) is 59.5 Å². The molecule has 1 N–H and O–H groups in total. The van der Waals surface area contributed by atoms with E-state index in [-0.39, 0.29) is 0 Å². The van der Waals surface area contributed by atoms with Crippen molar-refractivity contribution in [2.45, 2.75) is 25.3 Å². The maximum atomic E-state index is 4.63. The minimum absolute atomic E-state index is 0.399. The van der Waals surface area contributed by atoms with Gasteiger partial charge in [-0.3, -0.25) is 4.90 Å². The van der Waals surface area contributed by atoms with Gasteiger partial charge in [-0.15, -0.1) is 22.7 Å². The van der Waals surface area contributed by atoms with E-state index in [1.165, 1.54) is 40.0 Å². The second-order valence-electron chi connectivity index (χ2n) is 7.51. The van der Waals surface area contributed by atoms with Crippen molar-refractivity contribution in [3.63, 3.8) is 0 Å². The average molecular weight is 400 g/mol. The molecule has 5 rings (SSSR count). The van der Waals surface area contributed by atoms with Crippen LogP contribution in [0.3, 0.4) is 0 Å². The van der Waals surface area contributed by atoms with Crippen molar-refractivity contribution < 1.29 is 0 Å². The molecule has 2 aliphatic rings. The Balaban J connectivity index is 1.40. The second kappa shape index (κ2) is 7.47. The predicted molar refractivity (Wildman–Crippen MR) is 114 cm³/mol. The molecule has 0 bridgehead atoms. The van der Waals surface area contributed by atoms with Crippen LogP contribution in [0.15, 0.2) is 23.8 Å². The maximum Gasteiger partial charge on any atom is 0.138 e. The van der Waals surface area contributed by atoms with E-state index in [4.69, 9.17) is 0 Å². The van der Waals surface area contributed by atoms with E-state index in [0.717, 1.165) is 43.4 Å². The Morgan fingerprint density at radius 1 is 1.19 bits per heavy atom. The van der Waals surface area contributed by atoms with Crippen LogP contribution in [0, 0.1) is 0 Å². The summed E-state index contributed by atoms with van der Waals surface area (Å²) in [6, 6.07) is 4.83. The first-order valence-electron chi connectivity index (χ1n) is 9.74. The van der Waals surface area contributed by atoms with Crippen molar-refractivity contribution in [1.82, 2.24) is 19.8 Å². The Hall–Kier alpha value is -1.54. The summed E-state index contributed by atoms with van der Waals surface area (Å²) in [5.74, 6) is 1.02. The quantitative estimate of drug-likeness (QED) is 0.710. The fourth-order valence-electron chi connectivity index (χ4n) is 4.28. The van der Waals surface area contributed by atoms with E-state index < -0.39 is 0 Å². The summed E-state index contributed by atoms with van der Waals surface area (Å²) in [5.41, 5.74) is 1.49. The monoisotopic (exact) mass is 399 g/mol. The van der Waals surface area contributed by atoms with Crippen LogP contribution in [0.2, 0.25) is 0 Å². The van der Waals surface area contributed by atoms with Gasteiger partial charge in [-0.1, -0.05) is 6.07 Å². The van der Waals surface area contributed by atoms with Crippen molar-refractivity contribution in [2.75, 3.05) is 45.1 Å². The summed E-state index contributed by atoms with van der Waals surface area (Å²) in [7, 11) is 2.21. The van der Waals surface area contributed by atoms with Gasteiger partial charge in [0.05, 0.1) is 11.4 Å². The Morgan fingerprint density at radius 2 is 2.07 bits per heavy atom. The molecular formula is C20H25N5S2. The number of nitrogens with zero attached hydrogens (tertiary/aromatic N) is 4. The summed E-state index contributed by atoms with van der Waals surface area (Å²) in [6.45, 7) is 5.40. The van der Waals surface area contributed by atoms with Gasteiger partial charge in [0.15, 0.2) is 0 Å². The third-order valence-electron chi connectivity index (χ3n) is 5.81. The lowest BCUT2D eigenvalue weighted by Gasteiger charge is -2.37. The van der Waals surface area contributed by atoms with Crippen molar-refractivity contribution >= 4 is 38.7 Å². The molecule has 0 spiro atoms. The summed E-state index contributed by atoms with van der Waals surface area (Å²) < 4.78 is 0. The summed E-state index contributed by atoms with van der Waals surface area (Å²) >= 11 is 3.72. The van der Waals surface area contributed by atoms with Gasteiger partial charge in [0.2, 0.25) is 0 Å². The first-order valence-corrected chi connectivity index (χ1v) is 11.4. The highest BCUT2D eigenvalue weighted by atomic mass is 32.1. The molecule has 27 heavy (non-hydrogen) atoms. The normalized spacial score (nSPS) is 19.4. The number of hydrogen-bond donors (Lipinski definition) is 1. The Labute approximate surface area is 168 Å². The fraction of sp³-hybridized carbons (Fsp3) is 0.500. The average Bonchev–Trinajstić information content (AvgIpc) is 3.40. The molecule has 0 aromatic carbocycles. The second-order valence-corrected chi connectivity index (χ2v) is 9.57. The van der Waals surface area contributed by atoms with Crippen LogP contribution in [0.25, 0.3) is 10.2 Å². The van der Waals surface area contributed by atoms with Gasteiger partial charge in [-0.05, 0) is 43.3 Å². The predicted octanol–water partition coefficient (Wildman–Crippen LogP) is 3.64. The lowest BCUT2D eigenvalue weighted by atomic mass is 10.1. The first kappa shape index (κ1) is 17.6. The smallest absolute Gasteiger partial charge is 0.138 e. The largest absolute Gasteiger partial charge is 0.367 e. The van der Waals surface area contributed by atoms with Gasteiger partial charge in [0.25, 0.3) is 0 Å². The molecule has 1 atom stereocenters. The van der Waals surface area contributed by atoms with Gasteiger partial charge in [-0.2, -0.15) is 0 Å². The van der Waals surface area contributed by atoms with Crippen molar-refractivity contribution in [3.05, 3.63) is 39.2 Å². The molecule has 142 valence electrons. The minimum atomic E-state index is 0.399. The van der Waals surface area contributed by atoms with E-state index >= 15 is 0 Å². The zero-order valence-corrected chi connectivity index (χ0v) is 17.3. The molecule has 0 unspecified atom stereocenters. The number of likely N-dealkylation sites (N-methyl/N-ethyl adjacent to an activating group) is 1. The molecule has 4 heterocycles. The summed E-state index contributed by atoms with van der Waals surface area (Å²) in [4.78, 5) is 18.3. The maximum absolute atomic E-state index is 4.63. The number of anilines is 1. The Morgan fingerprint density at radius 3 is 2.89 bits per heavy atom.